The van der Waals surface area contributed by atoms with Gasteiger partial charge in [-0.2, -0.15) is 5.26 Å². The molecule has 3 aromatic carbocycles. The van der Waals surface area contributed by atoms with Gasteiger partial charge in [-0.05, 0) is 78.8 Å². The van der Waals surface area contributed by atoms with Crippen molar-refractivity contribution in [3.63, 3.8) is 0 Å². The van der Waals surface area contributed by atoms with E-state index < -0.39 is 0 Å². The van der Waals surface area contributed by atoms with E-state index in [2.05, 4.69) is 89.8 Å². The molecule has 4 nitrogen and oxygen atoms in total. The van der Waals surface area contributed by atoms with Crippen LogP contribution in [0.1, 0.15) is 93.3 Å². The summed E-state index contributed by atoms with van der Waals surface area (Å²) >= 11 is 0. The molecule has 0 radical (unpaired) electrons. The molecule has 5 rings (SSSR count). The smallest absolute Gasteiger partial charge is 0.142 e. The molecule has 1 saturated carbocycles. The van der Waals surface area contributed by atoms with Crippen LogP contribution < -0.4 is 4.90 Å². The van der Waals surface area contributed by atoms with Gasteiger partial charge < -0.3 is 0 Å². The Hall–Kier alpha value is -3.71. The van der Waals surface area contributed by atoms with E-state index in [9.17, 15) is 10.7 Å². The molecule has 1 heterocycles. The van der Waals surface area contributed by atoms with Crippen LogP contribution in [0.5, 0.6) is 0 Å². The molecule has 4 heteroatoms. The number of amidine groups is 2. The number of hydrogen-bond acceptors (Lipinski definition) is 3. The standard InChI is InChI=1S/C36H42N4/c1-8-36-22-35(36,7)31-16-12-11-15-30(31)34(39-36)40(33(38)29-14-10-9-13-25(29)6)32-27(17-23(2)3)19-26(21-37)20-28(32)18-24(4)5/h9-16,19-20,23-24,38H,8,17-18,22H2,1-7H3/t35?,36-/m0/s1. The van der Waals surface area contributed by atoms with Gasteiger partial charge in [0.2, 0.25) is 0 Å². The lowest BCUT2D eigenvalue weighted by Gasteiger charge is -2.37. The fourth-order valence-electron chi connectivity index (χ4n) is 6.82. The summed E-state index contributed by atoms with van der Waals surface area (Å²) in [6, 6.07) is 23.4. The lowest BCUT2D eigenvalue weighted by Crippen LogP contribution is -2.44. The van der Waals surface area contributed by atoms with Gasteiger partial charge >= 0.3 is 0 Å². The average Bonchev–Trinajstić information content (AvgIpc) is 3.55. The van der Waals surface area contributed by atoms with E-state index in [1.54, 1.807) is 0 Å². The number of rotatable bonds is 7. The fourth-order valence-corrected chi connectivity index (χ4v) is 6.82. The van der Waals surface area contributed by atoms with Crippen molar-refractivity contribution in [3.05, 3.63) is 99.6 Å². The van der Waals surface area contributed by atoms with Crippen molar-refractivity contribution in [1.82, 2.24) is 0 Å². The Balaban J connectivity index is 1.86. The first kappa shape index (κ1) is 27.8. The Morgan fingerprint density at radius 2 is 1.60 bits per heavy atom. The maximum absolute atomic E-state index is 9.99. The largest absolute Gasteiger partial charge is 0.283 e. The molecule has 1 unspecified atom stereocenters. The van der Waals surface area contributed by atoms with Gasteiger partial charge in [0.1, 0.15) is 11.7 Å². The molecule has 1 N–H and O–H groups in total. The van der Waals surface area contributed by atoms with Gasteiger partial charge in [-0.25, -0.2) is 0 Å². The van der Waals surface area contributed by atoms with Crippen LogP contribution in [0, 0.1) is 35.5 Å². The molecule has 3 aromatic rings. The van der Waals surface area contributed by atoms with E-state index in [0.29, 0.717) is 23.2 Å². The molecule has 0 spiro atoms. The minimum Gasteiger partial charge on any atom is -0.283 e. The number of aliphatic imine (C=N–C) groups is 1. The Labute approximate surface area is 240 Å². The molecule has 0 aromatic heterocycles. The normalized spacial score (nSPS) is 20.9. The third-order valence-corrected chi connectivity index (χ3v) is 8.93. The lowest BCUT2D eigenvalue weighted by atomic mass is 9.84. The molecule has 0 saturated heterocycles. The molecule has 0 amide bonds. The third kappa shape index (κ3) is 4.56. The number of fused-ring (bicyclic) bond motifs is 3. The van der Waals surface area contributed by atoms with E-state index in [-0.39, 0.29) is 11.0 Å². The summed E-state index contributed by atoms with van der Waals surface area (Å²) in [5, 5.41) is 19.8. The first-order valence-electron chi connectivity index (χ1n) is 14.8. The maximum atomic E-state index is 9.99. The van der Waals surface area contributed by atoms with Gasteiger partial charge in [0.25, 0.3) is 0 Å². The van der Waals surface area contributed by atoms with Crippen LogP contribution in [0.4, 0.5) is 5.69 Å². The van der Waals surface area contributed by atoms with Gasteiger partial charge in [-0.3, -0.25) is 15.3 Å². The van der Waals surface area contributed by atoms with Crippen molar-refractivity contribution in [3.8, 4) is 6.07 Å². The predicted octanol–water partition coefficient (Wildman–Crippen LogP) is 8.37. The highest BCUT2D eigenvalue weighted by Crippen LogP contribution is 2.64. The third-order valence-electron chi connectivity index (χ3n) is 8.93. The molecule has 1 aliphatic heterocycles. The zero-order valence-electron chi connectivity index (χ0n) is 25.1. The Kier molecular flexibility index (Phi) is 7.21. The fraction of sp³-hybridized carbons (Fsp3) is 0.417. The number of hydrogen-bond donors (Lipinski definition) is 1. The molecule has 40 heavy (non-hydrogen) atoms. The van der Waals surface area contributed by atoms with Crippen molar-refractivity contribution in [2.24, 2.45) is 16.8 Å². The summed E-state index contributed by atoms with van der Waals surface area (Å²) in [5.41, 5.74) is 8.18. The summed E-state index contributed by atoms with van der Waals surface area (Å²) in [6.07, 6.45) is 3.61. The van der Waals surface area contributed by atoms with E-state index in [4.69, 9.17) is 4.99 Å². The highest BCUT2D eigenvalue weighted by Gasteiger charge is 2.67. The van der Waals surface area contributed by atoms with Crippen molar-refractivity contribution < 1.29 is 0 Å². The molecule has 2 atom stereocenters. The number of anilines is 1. The second-order valence-electron chi connectivity index (χ2n) is 12.8. The van der Waals surface area contributed by atoms with Crippen molar-refractivity contribution in [1.29, 1.82) is 10.7 Å². The monoisotopic (exact) mass is 530 g/mol. The zero-order chi connectivity index (χ0) is 28.8. The Morgan fingerprint density at radius 3 is 2.17 bits per heavy atom. The molecule has 1 aliphatic carbocycles. The van der Waals surface area contributed by atoms with Gasteiger partial charge in [0.15, 0.2) is 0 Å². The first-order chi connectivity index (χ1) is 19.0. The number of nitrogens with zero attached hydrogens (tertiary/aromatic N) is 3. The maximum Gasteiger partial charge on any atom is 0.142 e. The second-order valence-corrected chi connectivity index (χ2v) is 12.8. The molecule has 0 bridgehead atoms. The minimum absolute atomic E-state index is 0.0184. The SMILES string of the molecule is CC[C@]12CC1(C)c1ccccc1C(N(C(=N)c1ccccc1C)c1c(CC(C)C)cc(C#N)cc1CC(C)C)=N2. The summed E-state index contributed by atoms with van der Waals surface area (Å²) in [6.45, 7) is 15.5. The van der Waals surface area contributed by atoms with E-state index in [0.717, 1.165) is 65.0 Å². The van der Waals surface area contributed by atoms with Crippen molar-refractivity contribution >= 4 is 17.4 Å². The van der Waals surface area contributed by atoms with Crippen LogP contribution in [0.2, 0.25) is 0 Å². The summed E-state index contributed by atoms with van der Waals surface area (Å²) in [4.78, 5) is 7.74. The molecule has 1 fully saturated rings. The Morgan fingerprint density at radius 1 is 1.00 bits per heavy atom. The van der Waals surface area contributed by atoms with E-state index in [1.807, 2.05) is 30.3 Å². The van der Waals surface area contributed by atoms with E-state index in [1.165, 1.54) is 5.56 Å². The average molecular weight is 531 g/mol. The number of nitriles is 1. The van der Waals surface area contributed by atoms with E-state index >= 15 is 0 Å². The summed E-state index contributed by atoms with van der Waals surface area (Å²) < 4.78 is 0. The molecule has 2 aliphatic rings. The van der Waals surface area contributed by atoms with Crippen LogP contribution in [-0.2, 0) is 18.3 Å². The van der Waals surface area contributed by atoms with Gasteiger partial charge in [-0.1, -0.05) is 90.1 Å². The summed E-state index contributed by atoms with van der Waals surface area (Å²) in [5.74, 6) is 2.08. The summed E-state index contributed by atoms with van der Waals surface area (Å²) in [7, 11) is 0. The Bertz CT molecular complexity index is 1510. The van der Waals surface area contributed by atoms with Crippen LogP contribution in [0.3, 0.4) is 0 Å². The highest BCUT2D eigenvalue weighted by atomic mass is 15.3. The van der Waals surface area contributed by atoms with Gasteiger partial charge in [0.05, 0.1) is 22.9 Å². The first-order valence-corrected chi connectivity index (χ1v) is 14.8. The van der Waals surface area contributed by atoms with Crippen LogP contribution in [-0.4, -0.2) is 17.2 Å². The number of nitrogens with one attached hydrogen (secondary N) is 1. The minimum atomic E-state index is -0.163. The van der Waals surface area contributed by atoms with Crippen molar-refractivity contribution in [2.75, 3.05) is 4.90 Å². The van der Waals surface area contributed by atoms with Crippen LogP contribution in [0.15, 0.2) is 65.7 Å². The highest BCUT2D eigenvalue weighted by molar-refractivity contribution is 6.30. The number of aryl methyl sites for hydroxylation is 1. The van der Waals surface area contributed by atoms with Crippen LogP contribution in [0.25, 0.3) is 0 Å². The molecular formula is C36H42N4. The van der Waals surface area contributed by atoms with Gasteiger partial charge in [0, 0.05) is 16.5 Å². The van der Waals surface area contributed by atoms with Crippen molar-refractivity contribution in [2.45, 2.75) is 85.1 Å². The lowest BCUT2D eigenvalue weighted by molar-refractivity contribution is 0.541. The number of benzene rings is 3. The second kappa shape index (κ2) is 10.4. The topological polar surface area (TPSA) is 63.2 Å². The molecular weight excluding hydrogens is 488 g/mol. The predicted molar refractivity (Wildman–Crippen MR) is 167 cm³/mol. The van der Waals surface area contributed by atoms with Crippen LogP contribution >= 0.6 is 0 Å². The molecule has 206 valence electrons. The quantitative estimate of drug-likeness (QED) is 0.246. The van der Waals surface area contributed by atoms with Gasteiger partial charge in [-0.15, -0.1) is 0 Å². The zero-order valence-corrected chi connectivity index (χ0v) is 25.1.